The maximum absolute atomic E-state index is 11.0. The summed E-state index contributed by atoms with van der Waals surface area (Å²) in [6.07, 6.45) is 1.91. The predicted octanol–water partition coefficient (Wildman–Crippen LogP) is 2.01. The van der Waals surface area contributed by atoms with Gasteiger partial charge in [0.05, 0.1) is 0 Å². The van der Waals surface area contributed by atoms with Gasteiger partial charge in [0.25, 0.3) is 0 Å². The Morgan fingerprint density at radius 3 is 2.68 bits per heavy atom. The van der Waals surface area contributed by atoms with Crippen LogP contribution in [-0.2, 0) is 17.9 Å². The zero-order valence-electron chi connectivity index (χ0n) is 11.7. The van der Waals surface area contributed by atoms with Crippen LogP contribution in [-0.4, -0.2) is 16.0 Å². The van der Waals surface area contributed by atoms with Gasteiger partial charge in [0.2, 0.25) is 5.91 Å². The van der Waals surface area contributed by atoms with Gasteiger partial charge in [-0.25, -0.2) is 0 Å². The molecule has 0 spiro atoms. The molecule has 3 N–H and O–H groups in total. The van der Waals surface area contributed by atoms with Gasteiger partial charge in [-0.1, -0.05) is 12.1 Å². The standard InChI is InChI=1S/C15H21N3O/c1-15(2,3)17-9-11-5-4-6-13-12(11)7-8-18(13)10-14(16)19/h4-8,17H,9-10H2,1-3H3,(H2,16,19). The molecule has 1 amide bonds. The van der Waals surface area contributed by atoms with Crippen LogP contribution in [0.1, 0.15) is 26.3 Å². The normalized spacial score (nSPS) is 11.9. The fourth-order valence-corrected chi connectivity index (χ4v) is 2.11. The predicted molar refractivity (Wildman–Crippen MR) is 77.7 cm³/mol. The summed E-state index contributed by atoms with van der Waals surface area (Å²) in [4.78, 5) is 11.0. The number of fused-ring (bicyclic) bond motifs is 1. The van der Waals surface area contributed by atoms with Gasteiger partial charge in [-0.15, -0.1) is 0 Å². The Balaban J connectivity index is 2.31. The second-order valence-electron chi connectivity index (χ2n) is 5.86. The fraction of sp³-hybridized carbons (Fsp3) is 0.400. The van der Waals surface area contributed by atoms with Gasteiger partial charge < -0.3 is 15.6 Å². The fourth-order valence-electron chi connectivity index (χ4n) is 2.11. The van der Waals surface area contributed by atoms with Gasteiger partial charge in [-0.05, 0) is 38.5 Å². The third kappa shape index (κ3) is 3.35. The monoisotopic (exact) mass is 259 g/mol. The largest absolute Gasteiger partial charge is 0.368 e. The van der Waals surface area contributed by atoms with Crippen molar-refractivity contribution in [2.75, 3.05) is 0 Å². The molecule has 2 rings (SSSR count). The summed E-state index contributed by atoms with van der Waals surface area (Å²) in [5.74, 6) is -0.323. The van der Waals surface area contributed by atoms with Gasteiger partial charge in [-0.3, -0.25) is 4.79 Å². The van der Waals surface area contributed by atoms with Crippen molar-refractivity contribution >= 4 is 16.8 Å². The Morgan fingerprint density at radius 2 is 2.05 bits per heavy atom. The van der Waals surface area contributed by atoms with Crippen LogP contribution in [0.25, 0.3) is 10.9 Å². The summed E-state index contributed by atoms with van der Waals surface area (Å²) in [5.41, 5.74) is 7.62. The molecule has 102 valence electrons. The summed E-state index contributed by atoms with van der Waals surface area (Å²) in [6, 6.07) is 8.17. The quantitative estimate of drug-likeness (QED) is 0.882. The summed E-state index contributed by atoms with van der Waals surface area (Å²) in [5, 5.41) is 4.65. The Labute approximate surface area is 113 Å². The molecule has 4 nitrogen and oxygen atoms in total. The molecule has 1 heterocycles. The molecule has 1 aromatic carbocycles. The number of rotatable bonds is 4. The molecule has 2 aromatic rings. The maximum Gasteiger partial charge on any atom is 0.237 e. The number of hydrogen-bond acceptors (Lipinski definition) is 2. The molecule has 0 bridgehead atoms. The molecular weight excluding hydrogens is 238 g/mol. The molecule has 19 heavy (non-hydrogen) atoms. The van der Waals surface area contributed by atoms with E-state index in [-0.39, 0.29) is 18.0 Å². The zero-order valence-corrected chi connectivity index (χ0v) is 11.7. The number of nitrogens with zero attached hydrogens (tertiary/aromatic N) is 1. The third-order valence-electron chi connectivity index (χ3n) is 3.04. The van der Waals surface area contributed by atoms with Crippen molar-refractivity contribution in [3.63, 3.8) is 0 Å². The van der Waals surface area contributed by atoms with Crippen molar-refractivity contribution in [3.05, 3.63) is 36.0 Å². The lowest BCUT2D eigenvalue weighted by Gasteiger charge is -2.20. The maximum atomic E-state index is 11.0. The van der Waals surface area contributed by atoms with Crippen molar-refractivity contribution in [2.45, 2.75) is 39.4 Å². The lowest BCUT2D eigenvalue weighted by atomic mass is 10.1. The van der Waals surface area contributed by atoms with E-state index in [2.05, 4.69) is 32.2 Å². The van der Waals surface area contributed by atoms with Crippen LogP contribution in [0, 0.1) is 0 Å². The molecule has 0 saturated heterocycles. The molecule has 4 heteroatoms. The first-order chi connectivity index (χ1) is 8.87. The van der Waals surface area contributed by atoms with Crippen LogP contribution in [0.3, 0.4) is 0 Å². The van der Waals surface area contributed by atoms with Crippen molar-refractivity contribution in [1.82, 2.24) is 9.88 Å². The molecule has 0 fully saturated rings. The van der Waals surface area contributed by atoms with Gasteiger partial charge in [-0.2, -0.15) is 0 Å². The van der Waals surface area contributed by atoms with Crippen LogP contribution >= 0.6 is 0 Å². The Bertz CT molecular complexity index is 593. The van der Waals surface area contributed by atoms with Crippen molar-refractivity contribution < 1.29 is 4.79 Å². The smallest absolute Gasteiger partial charge is 0.237 e. The van der Waals surface area contributed by atoms with Crippen LogP contribution in [0.2, 0.25) is 0 Å². The average Bonchev–Trinajstić information content (AvgIpc) is 2.69. The number of benzene rings is 1. The molecule has 0 aliphatic rings. The van der Waals surface area contributed by atoms with E-state index in [4.69, 9.17) is 5.73 Å². The number of carbonyl (C=O) groups excluding carboxylic acids is 1. The van der Waals surface area contributed by atoms with Crippen LogP contribution in [0.5, 0.6) is 0 Å². The topological polar surface area (TPSA) is 60.1 Å². The number of nitrogens with two attached hydrogens (primary N) is 1. The van der Waals surface area contributed by atoms with Gasteiger partial charge in [0.15, 0.2) is 0 Å². The summed E-state index contributed by atoms with van der Waals surface area (Å²) in [7, 11) is 0. The highest BCUT2D eigenvalue weighted by Crippen LogP contribution is 2.20. The first kappa shape index (κ1) is 13.6. The molecule has 0 aliphatic heterocycles. The van der Waals surface area contributed by atoms with E-state index in [1.54, 1.807) is 0 Å². The highest BCUT2D eigenvalue weighted by Gasteiger charge is 2.11. The lowest BCUT2D eigenvalue weighted by Crippen LogP contribution is -2.35. The van der Waals surface area contributed by atoms with Gasteiger partial charge in [0.1, 0.15) is 6.54 Å². The van der Waals surface area contributed by atoms with Crippen LogP contribution in [0.15, 0.2) is 30.5 Å². The molecule has 0 radical (unpaired) electrons. The minimum atomic E-state index is -0.323. The highest BCUT2D eigenvalue weighted by atomic mass is 16.1. The summed E-state index contributed by atoms with van der Waals surface area (Å²) < 4.78 is 1.89. The van der Waals surface area contributed by atoms with E-state index in [0.29, 0.717) is 0 Å². The first-order valence-corrected chi connectivity index (χ1v) is 6.47. The van der Waals surface area contributed by atoms with Crippen molar-refractivity contribution in [1.29, 1.82) is 0 Å². The van der Waals surface area contributed by atoms with E-state index in [0.717, 1.165) is 12.1 Å². The van der Waals surface area contributed by atoms with Crippen LogP contribution < -0.4 is 11.1 Å². The molecule has 0 atom stereocenters. The second kappa shape index (κ2) is 5.05. The number of nitrogens with one attached hydrogen (secondary N) is 1. The number of primary amides is 1. The SMILES string of the molecule is CC(C)(C)NCc1cccc2c1ccn2CC(N)=O. The molecule has 0 aliphatic carbocycles. The molecule has 0 unspecified atom stereocenters. The van der Waals surface area contributed by atoms with E-state index >= 15 is 0 Å². The zero-order chi connectivity index (χ0) is 14.0. The third-order valence-corrected chi connectivity index (χ3v) is 3.04. The number of aromatic nitrogens is 1. The summed E-state index contributed by atoms with van der Waals surface area (Å²) >= 11 is 0. The van der Waals surface area contributed by atoms with Crippen molar-refractivity contribution in [3.8, 4) is 0 Å². The lowest BCUT2D eigenvalue weighted by molar-refractivity contribution is -0.118. The van der Waals surface area contributed by atoms with Gasteiger partial charge in [0, 0.05) is 29.2 Å². The Morgan fingerprint density at radius 1 is 1.32 bits per heavy atom. The minimum absolute atomic E-state index is 0.0813. The van der Waals surface area contributed by atoms with Crippen LogP contribution in [0.4, 0.5) is 0 Å². The first-order valence-electron chi connectivity index (χ1n) is 6.47. The average molecular weight is 259 g/mol. The van der Waals surface area contributed by atoms with E-state index in [1.807, 2.05) is 29.0 Å². The van der Waals surface area contributed by atoms with Crippen molar-refractivity contribution in [2.24, 2.45) is 5.73 Å². The Kier molecular flexibility index (Phi) is 3.62. The molecular formula is C15H21N3O. The molecule has 0 saturated carbocycles. The van der Waals surface area contributed by atoms with E-state index < -0.39 is 0 Å². The Hall–Kier alpha value is -1.81. The number of hydrogen-bond donors (Lipinski definition) is 2. The van der Waals surface area contributed by atoms with Gasteiger partial charge >= 0.3 is 0 Å². The summed E-state index contributed by atoms with van der Waals surface area (Å²) in [6.45, 7) is 7.46. The van der Waals surface area contributed by atoms with E-state index in [9.17, 15) is 4.79 Å². The number of carbonyl (C=O) groups is 1. The molecule has 1 aromatic heterocycles. The highest BCUT2D eigenvalue weighted by molar-refractivity contribution is 5.85. The number of amides is 1. The minimum Gasteiger partial charge on any atom is -0.368 e. The van der Waals surface area contributed by atoms with E-state index in [1.165, 1.54) is 10.9 Å². The second-order valence-corrected chi connectivity index (χ2v) is 5.86.